The van der Waals surface area contributed by atoms with Crippen molar-refractivity contribution in [2.24, 2.45) is 0 Å². The van der Waals surface area contributed by atoms with Gasteiger partial charge in [0, 0.05) is 35.7 Å². The number of benzene rings is 2. The van der Waals surface area contributed by atoms with Gasteiger partial charge in [0.1, 0.15) is 11.9 Å². The topological polar surface area (TPSA) is 163 Å². The zero-order valence-electron chi connectivity index (χ0n) is 24.5. The number of halogens is 4. The van der Waals surface area contributed by atoms with E-state index >= 15 is 0 Å². The number of nitrogens with one attached hydrogen (secondary N) is 3. The summed E-state index contributed by atoms with van der Waals surface area (Å²) in [5.74, 6) is -2.22. The molecule has 0 radical (unpaired) electrons. The Bertz CT molecular complexity index is 1580. The van der Waals surface area contributed by atoms with Gasteiger partial charge in [0.05, 0.1) is 30.7 Å². The van der Waals surface area contributed by atoms with Crippen LogP contribution in [0.25, 0.3) is 11.3 Å². The summed E-state index contributed by atoms with van der Waals surface area (Å²) in [5, 5.41) is 13.3. The highest BCUT2D eigenvalue weighted by Gasteiger charge is 2.38. The Morgan fingerprint density at radius 2 is 1.89 bits per heavy atom. The Balaban J connectivity index is 0.000000617. The van der Waals surface area contributed by atoms with Gasteiger partial charge in [0.15, 0.2) is 0 Å². The Labute approximate surface area is 266 Å². The number of cyclic esters (lactones) is 1. The van der Waals surface area contributed by atoms with E-state index in [-0.39, 0.29) is 18.1 Å². The number of nitrogens with zero attached hydrogens (tertiary/aromatic N) is 2. The SMILES string of the molecule is COC(=O)Nc1ccc2c(c1)NC(=O)CCCCC[C@H](N1CCC(c3cccc(Cl)c3)OC1=O)c1ncc-2[nH]1.O=C(O)C(F)(F)F. The highest BCUT2D eigenvalue weighted by molar-refractivity contribution is 6.30. The van der Waals surface area contributed by atoms with Crippen LogP contribution in [0.5, 0.6) is 0 Å². The van der Waals surface area contributed by atoms with E-state index in [0.29, 0.717) is 65.7 Å². The van der Waals surface area contributed by atoms with Crippen LogP contribution in [0.2, 0.25) is 5.02 Å². The summed E-state index contributed by atoms with van der Waals surface area (Å²) < 4.78 is 42.3. The molecule has 12 nitrogen and oxygen atoms in total. The predicted molar refractivity (Wildman–Crippen MR) is 160 cm³/mol. The molecule has 1 saturated heterocycles. The fourth-order valence-corrected chi connectivity index (χ4v) is 5.24. The number of H-pyrrole nitrogens is 1. The number of imidazole rings is 1. The summed E-state index contributed by atoms with van der Waals surface area (Å²) in [6.45, 7) is 0.510. The van der Waals surface area contributed by atoms with Gasteiger partial charge < -0.3 is 24.9 Å². The number of hydrogen-bond donors (Lipinski definition) is 4. The average molecular weight is 666 g/mol. The maximum Gasteiger partial charge on any atom is 0.490 e. The quantitative estimate of drug-likeness (QED) is 0.231. The average Bonchev–Trinajstić information content (AvgIpc) is 3.49. The number of methoxy groups -OCH3 is 1. The van der Waals surface area contributed by atoms with Crippen LogP contribution in [-0.4, -0.2) is 63.9 Å². The van der Waals surface area contributed by atoms with Crippen molar-refractivity contribution in [3.8, 4) is 11.3 Å². The summed E-state index contributed by atoms with van der Waals surface area (Å²) in [4.78, 5) is 56.3. The van der Waals surface area contributed by atoms with Gasteiger partial charge in [-0.3, -0.25) is 15.0 Å². The Morgan fingerprint density at radius 1 is 1.13 bits per heavy atom. The molecule has 1 aromatic heterocycles. The zero-order valence-corrected chi connectivity index (χ0v) is 25.3. The van der Waals surface area contributed by atoms with Crippen LogP contribution in [0.3, 0.4) is 0 Å². The van der Waals surface area contributed by atoms with Gasteiger partial charge in [-0.05, 0) is 48.7 Å². The fourth-order valence-electron chi connectivity index (χ4n) is 5.05. The lowest BCUT2D eigenvalue weighted by molar-refractivity contribution is -0.192. The lowest BCUT2D eigenvalue weighted by atomic mass is 10.0. The lowest BCUT2D eigenvalue weighted by Gasteiger charge is -2.36. The molecule has 46 heavy (non-hydrogen) atoms. The van der Waals surface area contributed by atoms with Crippen LogP contribution in [0.1, 0.15) is 62.1 Å². The van der Waals surface area contributed by atoms with E-state index in [1.807, 2.05) is 18.2 Å². The van der Waals surface area contributed by atoms with Crippen LogP contribution in [0.15, 0.2) is 48.7 Å². The molecule has 0 saturated carbocycles. The standard InChI is InChI=1S/C28H30ClN5O5.C2HF3O2/c1-38-27(36)31-19-10-11-20-21(15-19)32-25(35)9-4-2-3-8-23(26-30-16-22(20)33-26)34-13-12-24(39-28(34)37)17-6-5-7-18(29)14-17;3-2(4,5)1(6)7/h5-7,10-11,14-16,23-24H,2-4,8-9,12-13H2,1H3,(H,30,33)(H,31,36)(H,32,35);(H,6,7)/t23-,24?;/m0./s1. The molecule has 2 aromatic carbocycles. The molecule has 3 heterocycles. The molecule has 1 fully saturated rings. The maximum absolute atomic E-state index is 13.2. The number of anilines is 2. The number of alkyl halides is 3. The normalized spacial score (nSPS) is 18.6. The number of fused-ring (bicyclic) bond motifs is 4. The molecule has 3 amide bonds. The summed E-state index contributed by atoms with van der Waals surface area (Å²) in [6.07, 6.45) is -0.733. The molecule has 1 unspecified atom stereocenters. The second kappa shape index (κ2) is 15.0. The zero-order chi connectivity index (χ0) is 33.4. The molecule has 2 aliphatic heterocycles. The molecule has 16 heteroatoms. The number of aromatic nitrogens is 2. The molecule has 246 valence electrons. The minimum Gasteiger partial charge on any atom is -0.475 e. The van der Waals surface area contributed by atoms with Crippen LogP contribution in [0, 0.1) is 0 Å². The highest BCUT2D eigenvalue weighted by atomic mass is 35.5. The van der Waals surface area contributed by atoms with Gasteiger partial charge in [-0.1, -0.05) is 36.6 Å². The van der Waals surface area contributed by atoms with Gasteiger partial charge in [0.2, 0.25) is 5.91 Å². The minimum absolute atomic E-state index is 0.117. The van der Waals surface area contributed by atoms with Gasteiger partial charge in [-0.15, -0.1) is 0 Å². The van der Waals surface area contributed by atoms with Gasteiger partial charge in [-0.25, -0.2) is 19.4 Å². The number of carboxylic acids is 1. The Hall–Kier alpha value is -4.79. The number of amides is 3. The summed E-state index contributed by atoms with van der Waals surface area (Å²) >= 11 is 6.14. The van der Waals surface area contributed by atoms with Crippen molar-refractivity contribution in [2.75, 3.05) is 24.3 Å². The van der Waals surface area contributed by atoms with Crippen LogP contribution < -0.4 is 10.6 Å². The summed E-state index contributed by atoms with van der Waals surface area (Å²) in [6, 6.07) is 12.3. The van der Waals surface area contributed by atoms with Crippen molar-refractivity contribution in [3.63, 3.8) is 0 Å². The van der Waals surface area contributed by atoms with Crippen LogP contribution in [0.4, 0.5) is 34.1 Å². The van der Waals surface area contributed by atoms with E-state index in [2.05, 4.69) is 25.3 Å². The van der Waals surface area contributed by atoms with Crippen LogP contribution >= 0.6 is 11.6 Å². The third-order valence-corrected chi connectivity index (χ3v) is 7.49. The summed E-state index contributed by atoms with van der Waals surface area (Å²) in [5.41, 5.74) is 3.27. The van der Waals surface area contributed by atoms with Crippen molar-refractivity contribution < 1.29 is 46.9 Å². The fraction of sp³-hybridized carbons (Fsp3) is 0.367. The first-order chi connectivity index (χ1) is 21.8. The third-order valence-electron chi connectivity index (χ3n) is 7.26. The van der Waals surface area contributed by atoms with Crippen molar-refractivity contribution >= 4 is 47.0 Å². The molecule has 2 bridgehead atoms. The second-order valence-electron chi connectivity index (χ2n) is 10.4. The van der Waals surface area contributed by atoms with Crippen molar-refractivity contribution in [1.82, 2.24) is 14.9 Å². The van der Waals surface area contributed by atoms with Crippen molar-refractivity contribution in [1.29, 1.82) is 0 Å². The van der Waals surface area contributed by atoms with Gasteiger partial charge >= 0.3 is 24.3 Å². The first-order valence-electron chi connectivity index (χ1n) is 14.2. The van der Waals surface area contributed by atoms with E-state index in [9.17, 15) is 27.6 Å². The van der Waals surface area contributed by atoms with Crippen LogP contribution in [-0.2, 0) is 19.1 Å². The number of carbonyl (C=O) groups is 4. The number of carboxylic acid groups (broad SMARTS) is 1. The number of aromatic amines is 1. The largest absolute Gasteiger partial charge is 0.490 e. The number of ether oxygens (including phenoxy) is 2. The number of hydrogen-bond acceptors (Lipinski definition) is 7. The molecule has 5 rings (SSSR count). The lowest BCUT2D eigenvalue weighted by Crippen LogP contribution is -2.42. The van der Waals surface area contributed by atoms with E-state index in [1.165, 1.54) is 7.11 Å². The number of aliphatic carboxylic acids is 1. The van der Waals surface area contributed by atoms with Gasteiger partial charge in [-0.2, -0.15) is 13.2 Å². The molecule has 0 aliphatic carbocycles. The number of rotatable bonds is 3. The van der Waals surface area contributed by atoms with Crippen molar-refractivity contribution in [3.05, 3.63) is 65.1 Å². The third kappa shape index (κ3) is 8.90. The van der Waals surface area contributed by atoms with Crippen molar-refractivity contribution in [2.45, 2.75) is 56.8 Å². The van der Waals surface area contributed by atoms with E-state index in [0.717, 1.165) is 18.4 Å². The van der Waals surface area contributed by atoms with E-state index < -0.39 is 24.3 Å². The van der Waals surface area contributed by atoms with Gasteiger partial charge in [0.25, 0.3) is 0 Å². The summed E-state index contributed by atoms with van der Waals surface area (Å²) in [7, 11) is 1.28. The van der Waals surface area contributed by atoms with E-state index in [1.54, 1.807) is 35.4 Å². The molecule has 2 aliphatic rings. The molecule has 3 aromatic rings. The molecular weight excluding hydrogens is 635 g/mol. The molecule has 4 N–H and O–H groups in total. The highest BCUT2D eigenvalue weighted by Crippen LogP contribution is 2.36. The minimum atomic E-state index is -5.08. The molecular formula is C30H31ClF3N5O7. The smallest absolute Gasteiger partial charge is 0.475 e. The monoisotopic (exact) mass is 665 g/mol. The Kier molecular flexibility index (Phi) is 11.1. The van der Waals surface area contributed by atoms with E-state index in [4.69, 9.17) is 26.2 Å². The second-order valence-corrected chi connectivity index (χ2v) is 10.9. The Morgan fingerprint density at radius 3 is 2.57 bits per heavy atom. The first kappa shape index (κ1) is 34.1. The number of carbonyl (C=O) groups excluding carboxylic acids is 3. The predicted octanol–water partition coefficient (Wildman–Crippen LogP) is 7.07. The first-order valence-corrected chi connectivity index (χ1v) is 14.6. The molecule has 0 spiro atoms. The maximum atomic E-state index is 13.2. The molecule has 2 atom stereocenters.